The summed E-state index contributed by atoms with van der Waals surface area (Å²) in [7, 11) is 2.01. The Morgan fingerprint density at radius 3 is 2.72 bits per heavy atom. The summed E-state index contributed by atoms with van der Waals surface area (Å²) in [6.45, 7) is 0.754. The zero-order chi connectivity index (χ0) is 21.7. The van der Waals surface area contributed by atoms with Crippen LogP contribution in [0.15, 0.2) is 84.4 Å². The van der Waals surface area contributed by atoms with E-state index >= 15 is 0 Å². The highest BCUT2D eigenvalue weighted by atomic mass is 32.1. The molecule has 158 valence electrons. The molecule has 1 unspecified atom stereocenters. The average Bonchev–Trinajstić information content (AvgIpc) is 3.44. The smallest absolute Gasteiger partial charge is 0.256 e. The van der Waals surface area contributed by atoms with Crippen LogP contribution in [0, 0.1) is 0 Å². The molecule has 1 amide bonds. The van der Waals surface area contributed by atoms with Gasteiger partial charge in [-0.1, -0.05) is 60.7 Å². The molecule has 3 nitrogen and oxygen atoms in total. The first-order chi connectivity index (χ1) is 15.7. The number of fused-ring (bicyclic) bond motifs is 3. The molecule has 0 saturated heterocycles. The van der Waals surface area contributed by atoms with Gasteiger partial charge < -0.3 is 9.47 Å². The van der Waals surface area contributed by atoms with Crippen molar-refractivity contribution in [3.05, 3.63) is 106 Å². The van der Waals surface area contributed by atoms with Gasteiger partial charge in [0.25, 0.3) is 5.91 Å². The van der Waals surface area contributed by atoms with E-state index in [4.69, 9.17) is 0 Å². The lowest BCUT2D eigenvalue weighted by Crippen LogP contribution is -2.40. The van der Waals surface area contributed by atoms with Gasteiger partial charge >= 0.3 is 0 Å². The SMILES string of the molecule is Cn1cc(C(=O)N2CCc3ccsc3C2Cc2ccc3ccccc3c2)c2ccccc21. The molecule has 0 fully saturated rings. The molecular formula is C28H24N2OS. The largest absolute Gasteiger partial charge is 0.350 e. The fourth-order valence-electron chi connectivity index (χ4n) is 5.09. The molecule has 0 aliphatic carbocycles. The highest BCUT2D eigenvalue weighted by Gasteiger charge is 2.33. The van der Waals surface area contributed by atoms with Gasteiger partial charge in [-0.25, -0.2) is 0 Å². The van der Waals surface area contributed by atoms with Crippen LogP contribution < -0.4 is 0 Å². The number of rotatable bonds is 3. The number of carbonyl (C=O) groups excluding carboxylic acids is 1. The summed E-state index contributed by atoms with van der Waals surface area (Å²) >= 11 is 1.78. The van der Waals surface area contributed by atoms with Crippen LogP contribution in [0.1, 0.15) is 32.4 Å². The van der Waals surface area contributed by atoms with E-state index in [1.54, 1.807) is 11.3 Å². The number of hydrogen-bond donors (Lipinski definition) is 0. The van der Waals surface area contributed by atoms with Crippen LogP contribution in [0.4, 0.5) is 0 Å². The molecular weight excluding hydrogens is 412 g/mol. The Hall–Kier alpha value is -3.37. The minimum Gasteiger partial charge on any atom is -0.350 e. The second kappa shape index (κ2) is 7.64. The monoisotopic (exact) mass is 436 g/mol. The summed E-state index contributed by atoms with van der Waals surface area (Å²) < 4.78 is 2.06. The number of benzene rings is 3. The van der Waals surface area contributed by atoms with Crippen LogP contribution in [0.5, 0.6) is 0 Å². The minimum absolute atomic E-state index is 0.0615. The van der Waals surface area contributed by atoms with Crippen molar-refractivity contribution in [2.75, 3.05) is 6.54 Å². The van der Waals surface area contributed by atoms with Gasteiger partial charge in [0.15, 0.2) is 0 Å². The van der Waals surface area contributed by atoms with Crippen molar-refractivity contribution in [3.63, 3.8) is 0 Å². The van der Waals surface area contributed by atoms with Crippen molar-refractivity contribution >= 4 is 38.9 Å². The number of thiophene rings is 1. The van der Waals surface area contributed by atoms with Gasteiger partial charge in [-0.2, -0.15) is 0 Å². The molecule has 0 saturated carbocycles. The third-order valence-electron chi connectivity index (χ3n) is 6.71. The Bertz CT molecular complexity index is 1460. The van der Waals surface area contributed by atoms with Crippen LogP contribution in [-0.2, 0) is 19.9 Å². The molecule has 0 radical (unpaired) electrons. The van der Waals surface area contributed by atoms with Crippen LogP contribution in [0.25, 0.3) is 21.7 Å². The van der Waals surface area contributed by atoms with E-state index in [1.807, 2.05) is 25.4 Å². The summed E-state index contributed by atoms with van der Waals surface area (Å²) in [5, 5.41) is 5.70. The molecule has 6 rings (SSSR count). The molecule has 4 heteroatoms. The van der Waals surface area contributed by atoms with Gasteiger partial charge in [0.05, 0.1) is 11.6 Å². The quantitative estimate of drug-likeness (QED) is 0.322. The first-order valence-electron chi connectivity index (χ1n) is 11.1. The predicted octanol–water partition coefficient (Wildman–Crippen LogP) is 6.38. The van der Waals surface area contributed by atoms with E-state index in [2.05, 4.69) is 75.5 Å². The standard InChI is InChI=1S/C28H24N2OS/c1-29-18-24(23-8-4-5-9-25(23)29)28(31)30-14-12-21-13-15-32-27(21)26(30)17-19-10-11-20-6-2-3-7-22(20)16-19/h2-11,13,15-16,18,26H,12,14,17H2,1H3. The van der Waals surface area contributed by atoms with E-state index < -0.39 is 0 Å². The molecule has 0 bridgehead atoms. The second-order valence-electron chi connectivity index (χ2n) is 8.63. The molecule has 3 aromatic carbocycles. The number of aromatic nitrogens is 1. The van der Waals surface area contributed by atoms with E-state index in [0.717, 1.165) is 35.9 Å². The van der Waals surface area contributed by atoms with Gasteiger partial charge in [-0.3, -0.25) is 4.79 Å². The molecule has 0 N–H and O–H groups in total. The number of carbonyl (C=O) groups is 1. The summed E-state index contributed by atoms with van der Waals surface area (Å²) in [5.41, 5.74) is 4.55. The number of hydrogen-bond acceptors (Lipinski definition) is 2. The lowest BCUT2D eigenvalue weighted by molar-refractivity contribution is 0.0666. The third-order valence-corrected chi connectivity index (χ3v) is 7.77. The summed E-state index contributed by atoms with van der Waals surface area (Å²) in [6, 6.07) is 25.6. The van der Waals surface area contributed by atoms with E-state index in [9.17, 15) is 4.79 Å². The Morgan fingerprint density at radius 2 is 1.81 bits per heavy atom. The van der Waals surface area contributed by atoms with Gasteiger partial charge in [0, 0.05) is 35.6 Å². The molecule has 32 heavy (non-hydrogen) atoms. The summed E-state index contributed by atoms with van der Waals surface area (Å²) in [5.74, 6) is 0.131. The zero-order valence-electron chi connectivity index (χ0n) is 18.0. The summed E-state index contributed by atoms with van der Waals surface area (Å²) in [4.78, 5) is 17.3. The number of amides is 1. The van der Waals surface area contributed by atoms with Gasteiger partial charge in [0.2, 0.25) is 0 Å². The van der Waals surface area contributed by atoms with Crippen molar-refractivity contribution in [2.24, 2.45) is 7.05 Å². The van der Waals surface area contributed by atoms with Crippen molar-refractivity contribution in [1.29, 1.82) is 0 Å². The Kier molecular flexibility index (Phi) is 4.62. The fraction of sp³-hybridized carbons (Fsp3) is 0.179. The molecule has 3 heterocycles. The molecule has 1 aliphatic rings. The number of nitrogens with zero attached hydrogens (tertiary/aromatic N) is 2. The molecule has 0 spiro atoms. The van der Waals surface area contributed by atoms with Crippen molar-refractivity contribution in [3.8, 4) is 0 Å². The van der Waals surface area contributed by atoms with Gasteiger partial charge in [-0.15, -0.1) is 11.3 Å². The third kappa shape index (κ3) is 3.14. The highest BCUT2D eigenvalue weighted by molar-refractivity contribution is 7.10. The Labute approximate surface area is 191 Å². The molecule has 1 atom stereocenters. The van der Waals surface area contributed by atoms with Gasteiger partial charge in [-0.05, 0) is 52.3 Å². The van der Waals surface area contributed by atoms with Crippen molar-refractivity contribution in [2.45, 2.75) is 18.9 Å². The maximum atomic E-state index is 13.9. The zero-order valence-corrected chi connectivity index (χ0v) is 18.8. The minimum atomic E-state index is 0.0615. The van der Waals surface area contributed by atoms with Crippen LogP contribution in [-0.4, -0.2) is 21.9 Å². The topological polar surface area (TPSA) is 25.2 Å². The molecule has 1 aliphatic heterocycles. The van der Waals surface area contributed by atoms with Crippen LogP contribution in [0.3, 0.4) is 0 Å². The van der Waals surface area contributed by atoms with Crippen molar-refractivity contribution in [1.82, 2.24) is 9.47 Å². The normalized spacial score (nSPS) is 15.9. The fourth-order valence-corrected chi connectivity index (χ4v) is 6.15. The maximum Gasteiger partial charge on any atom is 0.256 e. The Balaban J connectivity index is 1.41. The second-order valence-corrected chi connectivity index (χ2v) is 9.58. The van der Waals surface area contributed by atoms with E-state index in [1.165, 1.54) is 26.8 Å². The first kappa shape index (κ1) is 19.3. The first-order valence-corrected chi connectivity index (χ1v) is 12.0. The molecule has 5 aromatic rings. The lowest BCUT2D eigenvalue weighted by Gasteiger charge is -2.36. The van der Waals surface area contributed by atoms with E-state index in [0.29, 0.717) is 0 Å². The lowest BCUT2D eigenvalue weighted by atomic mass is 9.94. The Morgan fingerprint density at radius 1 is 1.00 bits per heavy atom. The van der Waals surface area contributed by atoms with Gasteiger partial charge in [0.1, 0.15) is 0 Å². The van der Waals surface area contributed by atoms with E-state index in [-0.39, 0.29) is 11.9 Å². The number of aryl methyl sites for hydroxylation is 1. The van der Waals surface area contributed by atoms with Crippen LogP contribution in [0.2, 0.25) is 0 Å². The average molecular weight is 437 g/mol. The van der Waals surface area contributed by atoms with Crippen molar-refractivity contribution < 1.29 is 4.79 Å². The predicted molar refractivity (Wildman–Crippen MR) is 132 cm³/mol. The molecule has 2 aromatic heterocycles. The maximum absolute atomic E-state index is 13.9. The summed E-state index contributed by atoms with van der Waals surface area (Å²) in [6.07, 6.45) is 3.74. The van der Waals surface area contributed by atoms with Crippen LogP contribution >= 0.6 is 11.3 Å². The number of para-hydroxylation sites is 1. The highest BCUT2D eigenvalue weighted by Crippen LogP contribution is 2.38.